The van der Waals surface area contributed by atoms with Gasteiger partial charge in [-0.3, -0.25) is 9.59 Å². The summed E-state index contributed by atoms with van der Waals surface area (Å²) < 4.78 is 0. The standard InChI is InChI=1S/C14H20N2O2/c1-9(2)12-6-4-11(5-7-12)8-13(17)16-10(3)14(15)18/h4-7,9-10H,8H2,1-3H3,(H2,15,18)(H,16,17)/t10-/m0/s1. The summed E-state index contributed by atoms with van der Waals surface area (Å²) in [6.45, 7) is 5.81. The van der Waals surface area contributed by atoms with Crippen LogP contribution in [0.3, 0.4) is 0 Å². The average Bonchev–Trinajstić information content (AvgIpc) is 2.29. The minimum atomic E-state index is -0.632. The zero-order valence-electron chi connectivity index (χ0n) is 11.1. The monoisotopic (exact) mass is 248 g/mol. The zero-order chi connectivity index (χ0) is 13.7. The predicted octanol–water partition coefficient (Wildman–Crippen LogP) is 1.34. The van der Waals surface area contributed by atoms with E-state index in [-0.39, 0.29) is 12.3 Å². The van der Waals surface area contributed by atoms with Crippen LogP contribution in [0.4, 0.5) is 0 Å². The maximum absolute atomic E-state index is 11.6. The quantitative estimate of drug-likeness (QED) is 0.825. The first kappa shape index (κ1) is 14.2. The van der Waals surface area contributed by atoms with Gasteiger partial charge in [-0.1, -0.05) is 38.1 Å². The van der Waals surface area contributed by atoms with Gasteiger partial charge in [-0.25, -0.2) is 0 Å². The van der Waals surface area contributed by atoms with Gasteiger partial charge >= 0.3 is 0 Å². The molecular weight excluding hydrogens is 228 g/mol. The second-order valence-corrected chi connectivity index (χ2v) is 4.76. The lowest BCUT2D eigenvalue weighted by Crippen LogP contribution is -2.42. The van der Waals surface area contributed by atoms with E-state index in [0.717, 1.165) is 5.56 Å². The van der Waals surface area contributed by atoms with Crippen LogP contribution in [0.5, 0.6) is 0 Å². The fourth-order valence-electron chi connectivity index (χ4n) is 1.57. The molecule has 4 heteroatoms. The zero-order valence-corrected chi connectivity index (χ0v) is 11.1. The van der Waals surface area contributed by atoms with Crippen molar-refractivity contribution in [3.63, 3.8) is 0 Å². The molecule has 0 saturated heterocycles. The molecule has 0 bridgehead atoms. The fraction of sp³-hybridized carbons (Fsp3) is 0.429. The van der Waals surface area contributed by atoms with Crippen molar-refractivity contribution in [1.29, 1.82) is 0 Å². The third-order valence-corrected chi connectivity index (χ3v) is 2.82. The molecule has 0 aromatic heterocycles. The Kier molecular flexibility index (Phi) is 4.89. The van der Waals surface area contributed by atoms with Crippen LogP contribution in [0.2, 0.25) is 0 Å². The molecule has 0 unspecified atom stereocenters. The highest BCUT2D eigenvalue weighted by Crippen LogP contribution is 2.14. The lowest BCUT2D eigenvalue weighted by molar-refractivity contribution is -0.126. The van der Waals surface area contributed by atoms with E-state index in [9.17, 15) is 9.59 Å². The Hall–Kier alpha value is -1.84. The highest BCUT2D eigenvalue weighted by Gasteiger charge is 2.12. The lowest BCUT2D eigenvalue weighted by atomic mass is 10.0. The number of carbonyl (C=O) groups excluding carboxylic acids is 2. The number of hydrogen-bond donors (Lipinski definition) is 2. The van der Waals surface area contributed by atoms with Crippen molar-refractivity contribution in [1.82, 2.24) is 5.32 Å². The van der Waals surface area contributed by atoms with Crippen LogP contribution >= 0.6 is 0 Å². The molecule has 3 N–H and O–H groups in total. The molecule has 0 heterocycles. The van der Waals surface area contributed by atoms with Crippen LogP contribution in [0.1, 0.15) is 37.8 Å². The Morgan fingerprint density at radius 1 is 1.17 bits per heavy atom. The third-order valence-electron chi connectivity index (χ3n) is 2.82. The largest absolute Gasteiger partial charge is 0.368 e. The van der Waals surface area contributed by atoms with Crippen LogP contribution in [-0.4, -0.2) is 17.9 Å². The van der Waals surface area contributed by atoms with Gasteiger partial charge in [0.15, 0.2) is 0 Å². The van der Waals surface area contributed by atoms with Gasteiger partial charge in [0.2, 0.25) is 11.8 Å². The summed E-state index contributed by atoms with van der Waals surface area (Å²) in [5.74, 6) is -0.250. The molecular formula is C14H20N2O2. The van der Waals surface area contributed by atoms with E-state index in [4.69, 9.17) is 5.73 Å². The Bertz CT molecular complexity index is 424. The highest BCUT2D eigenvalue weighted by molar-refractivity contribution is 5.87. The first-order valence-corrected chi connectivity index (χ1v) is 6.07. The molecule has 0 spiro atoms. The summed E-state index contributed by atoms with van der Waals surface area (Å²) in [6.07, 6.45) is 0.260. The van der Waals surface area contributed by atoms with E-state index in [2.05, 4.69) is 19.2 Å². The predicted molar refractivity (Wildman–Crippen MR) is 71.0 cm³/mol. The number of carbonyl (C=O) groups is 2. The van der Waals surface area contributed by atoms with Crippen molar-refractivity contribution in [2.45, 2.75) is 39.2 Å². The van der Waals surface area contributed by atoms with Gasteiger partial charge in [0.25, 0.3) is 0 Å². The second-order valence-electron chi connectivity index (χ2n) is 4.76. The van der Waals surface area contributed by atoms with Crippen molar-refractivity contribution >= 4 is 11.8 Å². The molecule has 0 radical (unpaired) electrons. The average molecular weight is 248 g/mol. The molecule has 0 aliphatic heterocycles. The molecule has 98 valence electrons. The van der Waals surface area contributed by atoms with Gasteiger partial charge in [-0.05, 0) is 24.0 Å². The minimum absolute atomic E-state index is 0.196. The van der Waals surface area contributed by atoms with Gasteiger partial charge in [-0.15, -0.1) is 0 Å². The molecule has 4 nitrogen and oxygen atoms in total. The van der Waals surface area contributed by atoms with Gasteiger partial charge in [0.1, 0.15) is 6.04 Å². The van der Waals surface area contributed by atoms with Crippen LogP contribution in [0.25, 0.3) is 0 Å². The first-order valence-electron chi connectivity index (χ1n) is 6.07. The van der Waals surface area contributed by atoms with E-state index >= 15 is 0 Å². The summed E-state index contributed by atoms with van der Waals surface area (Å²) in [4.78, 5) is 22.4. The lowest BCUT2D eigenvalue weighted by Gasteiger charge is -2.10. The summed E-state index contributed by atoms with van der Waals surface area (Å²) in [5.41, 5.74) is 7.24. The molecule has 18 heavy (non-hydrogen) atoms. The summed E-state index contributed by atoms with van der Waals surface area (Å²) in [6, 6.07) is 7.27. The summed E-state index contributed by atoms with van der Waals surface area (Å²) >= 11 is 0. The van der Waals surface area contributed by atoms with Gasteiger partial charge < -0.3 is 11.1 Å². The second kappa shape index (κ2) is 6.19. The smallest absolute Gasteiger partial charge is 0.239 e. The van der Waals surface area contributed by atoms with Crippen molar-refractivity contribution in [3.8, 4) is 0 Å². The molecule has 1 rings (SSSR count). The molecule has 1 aromatic carbocycles. The number of amides is 2. The van der Waals surface area contributed by atoms with Crippen molar-refractivity contribution < 1.29 is 9.59 Å². The van der Waals surface area contributed by atoms with Crippen LogP contribution < -0.4 is 11.1 Å². The maximum atomic E-state index is 11.6. The molecule has 0 aliphatic carbocycles. The van der Waals surface area contributed by atoms with Crippen LogP contribution in [-0.2, 0) is 16.0 Å². The SMILES string of the molecule is CC(C)c1ccc(CC(=O)N[C@@H](C)C(N)=O)cc1. The number of hydrogen-bond acceptors (Lipinski definition) is 2. The van der Waals surface area contributed by atoms with Crippen molar-refractivity contribution in [3.05, 3.63) is 35.4 Å². The Labute approximate surface area is 108 Å². The minimum Gasteiger partial charge on any atom is -0.368 e. The van der Waals surface area contributed by atoms with Crippen LogP contribution in [0, 0.1) is 0 Å². The molecule has 1 aromatic rings. The number of nitrogens with two attached hydrogens (primary N) is 1. The Morgan fingerprint density at radius 3 is 2.17 bits per heavy atom. The fourth-order valence-corrected chi connectivity index (χ4v) is 1.57. The van der Waals surface area contributed by atoms with E-state index in [1.54, 1.807) is 6.92 Å². The topological polar surface area (TPSA) is 72.2 Å². The molecule has 0 fully saturated rings. The van der Waals surface area contributed by atoms with Gasteiger partial charge in [0.05, 0.1) is 6.42 Å². The van der Waals surface area contributed by atoms with E-state index < -0.39 is 11.9 Å². The van der Waals surface area contributed by atoms with Crippen molar-refractivity contribution in [2.75, 3.05) is 0 Å². The van der Waals surface area contributed by atoms with E-state index in [1.807, 2.05) is 24.3 Å². The molecule has 0 saturated carbocycles. The van der Waals surface area contributed by atoms with Crippen molar-refractivity contribution in [2.24, 2.45) is 5.73 Å². The molecule has 1 atom stereocenters. The number of rotatable bonds is 5. The van der Waals surface area contributed by atoms with Gasteiger partial charge in [0, 0.05) is 0 Å². The normalized spacial score (nSPS) is 12.2. The summed E-state index contributed by atoms with van der Waals surface area (Å²) in [5, 5.41) is 2.55. The number of benzene rings is 1. The van der Waals surface area contributed by atoms with Gasteiger partial charge in [-0.2, -0.15) is 0 Å². The number of nitrogens with one attached hydrogen (secondary N) is 1. The molecule has 0 aliphatic rings. The van der Waals surface area contributed by atoms with Crippen LogP contribution in [0.15, 0.2) is 24.3 Å². The number of primary amides is 1. The maximum Gasteiger partial charge on any atom is 0.239 e. The Morgan fingerprint density at radius 2 is 1.72 bits per heavy atom. The third kappa shape index (κ3) is 4.20. The molecule has 2 amide bonds. The highest BCUT2D eigenvalue weighted by atomic mass is 16.2. The Balaban J connectivity index is 2.57. The first-order chi connectivity index (χ1) is 8.40. The summed E-state index contributed by atoms with van der Waals surface area (Å²) in [7, 11) is 0. The van der Waals surface area contributed by atoms with E-state index in [1.165, 1.54) is 5.56 Å². The van der Waals surface area contributed by atoms with E-state index in [0.29, 0.717) is 5.92 Å².